The molecule has 0 atom stereocenters. The summed E-state index contributed by atoms with van der Waals surface area (Å²) in [6, 6.07) is 12.9. The van der Waals surface area contributed by atoms with Crippen molar-refractivity contribution in [3.8, 4) is 5.75 Å². The number of sulfonamides is 1. The highest BCUT2D eigenvalue weighted by Gasteiger charge is 2.16. The molecule has 10 heteroatoms. The van der Waals surface area contributed by atoms with Crippen LogP contribution in [0.15, 0.2) is 53.4 Å². The van der Waals surface area contributed by atoms with Gasteiger partial charge in [0.05, 0.1) is 17.0 Å². The van der Waals surface area contributed by atoms with Gasteiger partial charge in [-0.2, -0.15) is 0 Å². The molecule has 0 bridgehead atoms. The molecule has 0 aliphatic carbocycles. The molecule has 0 amide bonds. The Balaban J connectivity index is 1.73. The number of benzene rings is 2. The predicted octanol–water partition coefficient (Wildman–Crippen LogP) is 4.42. The van der Waals surface area contributed by atoms with E-state index in [-0.39, 0.29) is 9.92 Å². The molecule has 0 aliphatic rings. The first-order chi connectivity index (χ1) is 14.3. The second kappa shape index (κ2) is 9.19. The third-order valence-electron chi connectivity index (χ3n) is 4.04. The molecule has 0 fully saturated rings. The number of nitrogens with one attached hydrogen (secondary N) is 3. The smallest absolute Gasteiger partial charge is 0.261 e. The van der Waals surface area contributed by atoms with E-state index in [1.807, 2.05) is 13.8 Å². The standard InChI is InChI=1S/C20H22ClN5O3S/c1-4-22-19-12-20(24-13(2)23-19)25-14-5-7-15(8-6-14)26-30(27,28)16-9-10-18(29-3)17(21)11-16/h5-12,26H,4H2,1-3H3,(H2,22,23,24,25). The Morgan fingerprint density at radius 2 is 1.67 bits per heavy atom. The van der Waals surface area contributed by atoms with Crippen molar-refractivity contribution in [2.75, 3.05) is 29.0 Å². The number of halogens is 1. The third-order valence-corrected chi connectivity index (χ3v) is 5.71. The van der Waals surface area contributed by atoms with Gasteiger partial charge in [-0.05, 0) is 56.3 Å². The number of aryl methyl sites for hydroxylation is 1. The van der Waals surface area contributed by atoms with Crippen molar-refractivity contribution < 1.29 is 13.2 Å². The maximum Gasteiger partial charge on any atom is 0.261 e. The number of methoxy groups -OCH3 is 1. The van der Waals surface area contributed by atoms with Crippen molar-refractivity contribution in [1.29, 1.82) is 0 Å². The lowest BCUT2D eigenvalue weighted by molar-refractivity contribution is 0.414. The molecule has 0 radical (unpaired) electrons. The van der Waals surface area contributed by atoms with Crippen LogP contribution < -0.4 is 20.1 Å². The molecule has 30 heavy (non-hydrogen) atoms. The predicted molar refractivity (Wildman–Crippen MR) is 119 cm³/mol. The summed E-state index contributed by atoms with van der Waals surface area (Å²) < 4.78 is 32.8. The van der Waals surface area contributed by atoms with Gasteiger partial charge in [0.15, 0.2) is 0 Å². The Hall–Kier alpha value is -3.04. The van der Waals surface area contributed by atoms with Crippen LogP contribution in [-0.2, 0) is 10.0 Å². The first-order valence-corrected chi connectivity index (χ1v) is 11.0. The fraction of sp³-hybridized carbons (Fsp3) is 0.200. The van der Waals surface area contributed by atoms with Crippen LogP contribution in [0.25, 0.3) is 0 Å². The van der Waals surface area contributed by atoms with Crippen LogP contribution in [0.4, 0.5) is 23.0 Å². The number of anilines is 4. The van der Waals surface area contributed by atoms with Gasteiger partial charge in [0.25, 0.3) is 10.0 Å². The van der Waals surface area contributed by atoms with Crippen molar-refractivity contribution >= 4 is 44.6 Å². The van der Waals surface area contributed by atoms with Crippen molar-refractivity contribution in [1.82, 2.24) is 9.97 Å². The Kier molecular flexibility index (Phi) is 6.63. The van der Waals surface area contributed by atoms with E-state index in [9.17, 15) is 8.42 Å². The second-order valence-electron chi connectivity index (χ2n) is 6.32. The maximum absolute atomic E-state index is 12.6. The molecule has 2 aromatic carbocycles. The topological polar surface area (TPSA) is 105 Å². The summed E-state index contributed by atoms with van der Waals surface area (Å²) in [5, 5.41) is 6.56. The zero-order valence-corrected chi connectivity index (χ0v) is 18.3. The molecule has 0 saturated heterocycles. The summed E-state index contributed by atoms with van der Waals surface area (Å²) in [7, 11) is -2.32. The minimum Gasteiger partial charge on any atom is -0.495 e. The average Bonchev–Trinajstić information content (AvgIpc) is 2.69. The largest absolute Gasteiger partial charge is 0.495 e. The molecule has 0 saturated carbocycles. The van der Waals surface area contributed by atoms with Gasteiger partial charge in [-0.25, -0.2) is 18.4 Å². The first kappa shape index (κ1) is 21.7. The number of rotatable bonds is 8. The highest BCUT2D eigenvalue weighted by Crippen LogP contribution is 2.28. The number of ether oxygens (including phenoxy) is 1. The third kappa shape index (κ3) is 5.31. The molecule has 3 rings (SSSR count). The lowest BCUT2D eigenvalue weighted by Gasteiger charge is -2.12. The highest BCUT2D eigenvalue weighted by atomic mass is 35.5. The number of hydrogen-bond acceptors (Lipinski definition) is 7. The van der Waals surface area contributed by atoms with Crippen LogP contribution in [0, 0.1) is 6.92 Å². The fourth-order valence-electron chi connectivity index (χ4n) is 2.70. The minimum atomic E-state index is -3.79. The molecule has 0 unspecified atom stereocenters. The van der Waals surface area contributed by atoms with Crippen LogP contribution in [0.5, 0.6) is 5.75 Å². The van der Waals surface area contributed by atoms with E-state index in [0.717, 1.165) is 18.1 Å². The molecular formula is C20H22ClN5O3S. The molecule has 0 spiro atoms. The maximum atomic E-state index is 12.6. The van der Waals surface area contributed by atoms with Gasteiger partial charge in [-0.1, -0.05) is 11.6 Å². The Morgan fingerprint density at radius 1 is 1.00 bits per heavy atom. The van der Waals surface area contributed by atoms with Gasteiger partial charge >= 0.3 is 0 Å². The molecule has 1 aromatic heterocycles. The van der Waals surface area contributed by atoms with E-state index in [1.54, 1.807) is 30.3 Å². The number of nitrogens with zero attached hydrogens (tertiary/aromatic N) is 2. The zero-order chi connectivity index (χ0) is 21.7. The number of hydrogen-bond donors (Lipinski definition) is 3. The quantitative estimate of drug-likeness (QED) is 0.469. The summed E-state index contributed by atoms with van der Waals surface area (Å²) in [5.74, 6) is 2.41. The molecule has 0 aliphatic heterocycles. The van der Waals surface area contributed by atoms with Crippen molar-refractivity contribution in [3.63, 3.8) is 0 Å². The molecule has 3 aromatic rings. The molecule has 1 heterocycles. The van der Waals surface area contributed by atoms with Crippen molar-refractivity contribution in [3.05, 3.63) is 59.4 Å². The van der Waals surface area contributed by atoms with Gasteiger partial charge in [0.1, 0.15) is 23.2 Å². The Bertz CT molecular complexity index is 1140. The van der Waals surface area contributed by atoms with Crippen LogP contribution in [0.2, 0.25) is 5.02 Å². The van der Waals surface area contributed by atoms with Crippen LogP contribution >= 0.6 is 11.6 Å². The summed E-state index contributed by atoms with van der Waals surface area (Å²) in [5.41, 5.74) is 1.17. The molecule has 158 valence electrons. The van der Waals surface area contributed by atoms with Gasteiger partial charge in [-0.15, -0.1) is 0 Å². The summed E-state index contributed by atoms with van der Waals surface area (Å²) in [6.45, 7) is 4.56. The van der Waals surface area contributed by atoms with E-state index >= 15 is 0 Å². The molecule has 3 N–H and O–H groups in total. The zero-order valence-electron chi connectivity index (χ0n) is 16.7. The molecule has 8 nitrogen and oxygen atoms in total. The summed E-state index contributed by atoms with van der Waals surface area (Å²) in [4.78, 5) is 8.71. The van der Waals surface area contributed by atoms with E-state index in [0.29, 0.717) is 23.1 Å². The van der Waals surface area contributed by atoms with Gasteiger partial charge in [-0.3, -0.25) is 4.72 Å². The number of aromatic nitrogens is 2. The van der Waals surface area contributed by atoms with Crippen molar-refractivity contribution in [2.45, 2.75) is 18.7 Å². The normalized spacial score (nSPS) is 11.1. The first-order valence-electron chi connectivity index (χ1n) is 9.13. The van der Waals surface area contributed by atoms with Gasteiger partial charge in [0.2, 0.25) is 0 Å². The van der Waals surface area contributed by atoms with Gasteiger partial charge < -0.3 is 15.4 Å². The molecular weight excluding hydrogens is 426 g/mol. The lowest BCUT2D eigenvalue weighted by atomic mass is 10.3. The Labute approximate surface area is 180 Å². The highest BCUT2D eigenvalue weighted by molar-refractivity contribution is 7.92. The van der Waals surface area contributed by atoms with Crippen LogP contribution in [-0.4, -0.2) is 32.0 Å². The SMILES string of the molecule is CCNc1cc(Nc2ccc(NS(=O)(=O)c3ccc(OC)c(Cl)c3)cc2)nc(C)n1. The summed E-state index contributed by atoms with van der Waals surface area (Å²) >= 11 is 6.04. The van der Waals surface area contributed by atoms with Crippen LogP contribution in [0.3, 0.4) is 0 Å². The van der Waals surface area contributed by atoms with Crippen LogP contribution in [0.1, 0.15) is 12.7 Å². The van der Waals surface area contributed by atoms with Gasteiger partial charge in [0, 0.05) is 24.0 Å². The van der Waals surface area contributed by atoms with Crippen molar-refractivity contribution in [2.24, 2.45) is 0 Å². The van der Waals surface area contributed by atoms with E-state index in [4.69, 9.17) is 16.3 Å². The summed E-state index contributed by atoms with van der Waals surface area (Å²) in [6.07, 6.45) is 0. The average molecular weight is 448 g/mol. The fourth-order valence-corrected chi connectivity index (χ4v) is 4.11. The lowest BCUT2D eigenvalue weighted by Crippen LogP contribution is -2.13. The monoisotopic (exact) mass is 447 g/mol. The second-order valence-corrected chi connectivity index (χ2v) is 8.41. The van der Waals surface area contributed by atoms with E-state index in [1.165, 1.54) is 25.3 Å². The Morgan fingerprint density at radius 3 is 2.30 bits per heavy atom. The minimum absolute atomic E-state index is 0.0444. The van der Waals surface area contributed by atoms with E-state index < -0.39 is 10.0 Å². The van der Waals surface area contributed by atoms with E-state index in [2.05, 4.69) is 25.3 Å².